The van der Waals surface area contributed by atoms with Crippen LogP contribution in [0.1, 0.15) is 53.9 Å². The monoisotopic (exact) mass is 395 g/mol. The molecule has 1 aliphatic carbocycles. The van der Waals surface area contributed by atoms with Crippen molar-refractivity contribution in [3.63, 3.8) is 0 Å². The molecule has 0 saturated heterocycles. The number of carbonyl (C=O) groups excluding carboxylic acids is 4. The number of esters is 1. The van der Waals surface area contributed by atoms with Crippen molar-refractivity contribution >= 4 is 40.2 Å². The van der Waals surface area contributed by atoms with Crippen molar-refractivity contribution in [3.05, 3.63) is 16.0 Å². The quantitative estimate of drug-likeness (QED) is 0.614. The van der Waals surface area contributed by atoms with Gasteiger partial charge in [0.2, 0.25) is 5.91 Å². The van der Waals surface area contributed by atoms with Crippen LogP contribution >= 0.6 is 11.3 Å². The molecule has 1 atom stereocenters. The topological polar surface area (TPSA) is 114 Å². The van der Waals surface area contributed by atoms with E-state index in [-0.39, 0.29) is 23.4 Å². The standard InChI is InChI=1S/C18H25N3O5S/c1-5-9(2)19-18(25)20-13(22)8-26-17(24)14-10(3)11(4)27-16(14)21-15(23)12-6-7-12/h9,12H,5-8H2,1-4H3,(H,21,23)(H2,19,20,22,25)/t9-/m0/s1. The van der Waals surface area contributed by atoms with E-state index in [1.165, 1.54) is 11.3 Å². The molecule has 0 aliphatic heterocycles. The maximum atomic E-state index is 12.4. The smallest absolute Gasteiger partial charge is 0.341 e. The van der Waals surface area contributed by atoms with Gasteiger partial charge in [0.25, 0.3) is 5.91 Å². The first-order valence-corrected chi connectivity index (χ1v) is 9.72. The van der Waals surface area contributed by atoms with Crippen molar-refractivity contribution in [2.24, 2.45) is 5.92 Å². The number of imide groups is 1. The fourth-order valence-electron chi connectivity index (χ4n) is 2.25. The van der Waals surface area contributed by atoms with Crippen molar-refractivity contribution in [3.8, 4) is 0 Å². The molecular formula is C18H25N3O5S. The van der Waals surface area contributed by atoms with Crippen LogP contribution < -0.4 is 16.0 Å². The summed E-state index contributed by atoms with van der Waals surface area (Å²) in [5.74, 6) is -1.53. The first kappa shape index (κ1) is 20.9. The van der Waals surface area contributed by atoms with E-state index in [1.807, 2.05) is 20.8 Å². The van der Waals surface area contributed by atoms with Gasteiger partial charge in [-0.25, -0.2) is 9.59 Å². The Morgan fingerprint density at radius 1 is 1.22 bits per heavy atom. The fraction of sp³-hybridized carbons (Fsp3) is 0.556. The van der Waals surface area contributed by atoms with Crippen LogP contribution in [0.2, 0.25) is 0 Å². The maximum Gasteiger partial charge on any atom is 0.341 e. The second-order valence-corrected chi connectivity index (χ2v) is 7.88. The van der Waals surface area contributed by atoms with Gasteiger partial charge in [-0.2, -0.15) is 0 Å². The lowest BCUT2D eigenvalue weighted by molar-refractivity contribution is -0.123. The summed E-state index contributed by atoms with van der Waals surface area (Å²) >= 11 is 1.30. The molecule has 1 saturated carbocycles. The number of thiophene rings is 1. The van der Waals surface area contributed by atoms with Gasteiger partial charge in [0.15, 0.2) is 6.61 Å². The number of carbonyl (C=O) groups is 4. The first-order chi connectivity index (χ1) is 12.7. The number of amides is 4. The van der Waals surface area contributed by atoms with Crippen LogP contribution in [0.25, 0.3) is 0 Å². The number of hydrogen-bond acceptors (Lipinski definition) is 6. The second-order valence-electron chi connectivity index (χ2n) is 6.66. The Bertz CT molecular complexity index is 754. The molecule has 0 aromatic carbocycles. The third kappa shape index (κ3) is 5.78. The van der Waals surface area contributed by atoms with Crippen molar-refractivity contribution in [2.75, 3.05) is 11.9 Å². The number of hydrogen-bond donors (Lipinski definition) is 3. The van der Waals surface area contributed by atoms with Gasteiger partial charge >= 0.3 is 12.0 Å². The third-order valence-corrected chi connectivity index (χ3v) is 5.47. The minimum absolute atomic E-state index is 0.00591. The largest absolute Gasteiger partial charge is 0.452 e. The minimum atomic E-state index is -0.725. The number of anilines is 1. The molecule has 8 nitrogen and oxygen atoms in total. The summed E-state index contributed by atoms with van der Waals surface area (Å²) < 4.78 is 5.04. The normalized spacial score (nSPS) is 14.2. The molecule has 9 heteroatoms. The lowest BCUT2D eigenvalue weighted by atomic mass is 10.1. The molecule has 0 spiro atoms. The van der Waals surface area contributed by atoms with E-state index in [1.54, 1.807) is 6.92 Å². The van der Waals surface area contributed by atoms with Crippen molar-refractivity contribution in [2.45, 2.75) is 53.0 Å². The van der Waals surface area contributed by atoms with Gasteiger partial charge in [0, 0.05) is 16.8 Å². The van der Waals surface area contributed by atoms with E-state index in [0.29, 0.717) is 10.6 Å². The molecule has 1 aromatic rings. The van der Waals surface area contributed by atoms with E-state index in [4.69, 9.17) is 4.74 Å². The molecule has 4 amide bonds. The van der Waals surface area contributed by atoms with Crippen molar-refractivity contribution in [1.29, 1.82) is 0 Å². The Labute approximate surface area is 162 Å². The van der Waals surface area contributed by atoms with Crippen molar-refractivity contribution < 1.29 is 23.9 Å². The Balaban J connectivity index is 1.94. The Morgan fingerprint density at radius 2 is 1.89 bits per heavy atom. The number of aryl methyl sites for hydroxylation is 1. The Kier molecular flexibility index (Phi) is 6.95. The predicted molar refractivity (Wildman–Crippen MR) is 102 cm³/mol. The number of ether oxygens (including phenoxy) is 1. The van der Waals surface area contributed by atoms with Gasteiger partial charge in [-0.1, -0.05) is 6.92 Å². The number of nitrogens with one attached hydrogen (secondary N) is 3. The van der Waals surface area contributed by atoms with Gasteiger partial charge in [0.1, 0.15) is 5.00 Å². The van der Waals surface area contributed by atoms with E-state index in [0.717, 1.165) is 24.1 Å². The summed E-state index contributed by atoms with van der Waals surface area (Å²) in [7, 11) is 0. The van der Waals surface area contributed by atoms with Crippen LogP contribution in [0.3, 0.4) is 0 Å². The SMILES string of the molecule is CC[C@H](C)NC(=O)NC(=O)COC(=O)c1c(NC(=O)C2CC2)sc(C)c1C. The molecule has 1 heterocycles. The Morgan fingerprint density at radius 3 is 2.48 bits per heavy atom. The highest BCUT2D eigenvalue weighted by atomic mass is 32.1. The maximum absolute atomic E-state index is 12.4. The molecule has 1 fully saturated rings. The molecule has 0 radical (unpaired) electrons. The molecular weight excluding hydrogens is 370 g/mol. The molecule has 27 heavy (non-hydrogen) atoms. The van der Waals surface area contributed by atoms with Gasteiger partial charge in [0.05, 0.1) is 5.56 Å². The van der Waals surface area contributed by atoms with E-state index >= 15 is 0 Å². The van der Waals surface area contributed by atoms with Crippen LogP contribution in [0.5, 0.6) is 0 Å². The van der Waals surface area contributed by atoms with E-state index in [9.17, 15) is 19.2 Å². The summed E-state index contributed by atoms with van der Waals surface area (Å²) in [5, 5.41) is 7.90. The summed E-state index contributed by atoms with van der Waals surface area (Å²) in [6.07, 6.45) is 2.43. The zero-order valence-corrected chi connectivity index (χ0v) is 16.7. The average Bonchev–Trinajstić information content (AvgIpc) is 3.40. The average molecular weight is 395 g/mol. The third-order valence-electron chi connectivity index (χ3n) is 4.35. The molecule has 0 bridgehead atoms. The molecule has 0 unspecified atom stereocenters. The molecule has 2 rings (SSSR count). The zero-order chi connectivity index (χ0) is 20.1. The summed E-state index contributed by atoms with van der Waals surface area (Å²) in [6, 6.07) is -0.709. The molecule has 3 N–H and O–H groups in total. The predicted octanol–water partition coefficient (Wildman–Crippen LogP) is 2.49. The van der Waals surface area contributed by atoms with Crippen LogP contribution in [-0.4, -0.2) is 36.5 Å². The summed E-state index contributed by atoms with van der Waals surface area (Å²) in [6.45, 7) is 6.73. The summed E-state index contributed by atoms with van der Waals surface area (Å²) in [4.78, 5) is 48.7. The molecule has 1 aromatic heterocycles. The van der Waals surface area contributed by atoms with Gasteiger partial charge in [-0.3, -0.25) is 14.9 Å². The molecule has 148 valence electrons. The van der Waals surface area contributed by atoms with E-state index in [2.05, 4.69) is 16.0 Å². The number of urea groups is 1. The van der Waals surface area contributed by atoms with Crippen LogP contribution in [0.15, 0.2) is 0 Å². The van der Waals surface area contributed by atoms with Gasteiger partial charge in [-0.15, -0.1) is 11.3 Å². The van der Waals surface area contributed by atoms with Crippen LogP contribution in [0.4, 0.5) is 9.80 Å². The van der Waals surface area contributed by atoms with Gasteiger partial charge in [-0.05, 0) is 45.6 Å². The lowest BCUT2D eigenvalue weighted by Gasteiger charge is -2.12. The second kappa shape index (κ2) is 8.98. The van der Waals surface area contributed by atoms with Crippen LogP contribution in [0, 0.1) is 19.8 Å². The minimum Gasteiger partial charge on any atom is -0.452 e. The Hall–Kier alpha value is -2.42. The highest BCUT2D eigenvalue weighted by Crippen LogP contribution is 2.36. The highest BCUT2D eigenvalue weighted by Gasteiger charge is 2.31. The van der Waals surface area contributed by atoms with Crippen LogP contribution in [-0.2, 0) is 14.3 Å². The van der Waals surface area contributed by atoms with Crippen molar-refractivity contribution in [1.82, 2.24) is 10.6 Å². The fourth-order valence-corrected chi connectivity index (χ4v) is 3.30. The van der Waals surface area contributed by atoms with Gasteiger partial charge < -0.3 is 15.4 Å². The first-order valence-electron chi connectivity index (χ1n) is 8.91. The summed E-state index contributed by atoms with van der Waals surface area (Å²) in [5.41, 5.74) is 0.953. The molecule has 1 aliphatic rings. The number of rotatable bonds is 7. The van der Waals surface area contributed by atoms with E-state index < -0.39 is 24.5 Å². The highest BCUT2D eigenvalue weighted by molar-refractivity contribution is 7.16. The zero-order valence-electron chi connectivity index (χ0n) is 15.9. The lowest BCUT2D eigenvalue weighted by Crippen LogP contribution is -2.44.